The topological polar surface area (TPSA) is 62.3 Å². The van der Waals surface area contributed by atoms with E-state index >= 15 is 0 Å². The molecular weight excluding hydrogens is 358 g/mol. The first-order chi connectivity index (χ1) is 13.2. The van der Waals surface area contributed by atoms with Crippen LogP contribution >= 0.6 is 12.2 Å². The van der Waals surface area contributed by atoms with Gasteiger partial charge in [0.2, 0.25) is 11.8 Å². The fraction of sp³-hybridized carbons (Fsp3) is 0.450. The zero-order chi connectivity index (χ0) is 18.6. The second-order valence-electron chi connectivity index (χ2n) is 7.11. The fourth-order valence-corrected chi connectivity index (χ4v) is 4.08. The lowest BCUT2D eigenvalue weighted by Gasteiger charge is -2.30. The Morgan fingerprint density at radius 3 is 2.74 bits per heavy atom. The van der Waals surface area contributed by atoms with Crippen LogP contribution in [0.2, 0.25) is 0 Å². The Morgan fingerprint density at radius 1 is 1.19 bits per heavy atom. The van der Waals surface area contributed by atoms with Crippen molar-refractivity contribution in [2.75, 3.05) is 23.9 Å². The highest BCUT2D eigenvalue weighted by Gasteiger charge is 2.20. The van der Waals surface area contributed by atoms with E-state index in [-0.39, 0.29) is 0 Å². The predicted octanol–water partition coefficient (Wildman–Crippen LogP) is 3.28. The van der Waals surface area contributed by atoms with Gasteiger partial charge in [0.15, 0.2) is 5.11 Å². The summed E-state index contributed by atoms with van der Waals surface area (Å²) in [5, 5.41) is 7.07. The SMILES string of the molecule is COc1cc(N2CCc3ccccc3C2)nc(NC(=S)NC2CCCC2)n1. The first-order valence-electron chi connectivity index (χ1n) is 9.53. The summed E-state index contributed by atoms with van der Waals surface area (Å²) in [6.45, 7) is 1.75. The lowest BCUT2D eigenvalue weighted by molar-refractivity contribution is 0.397. The molecule has 0 atom stereocenters. The molecule has 0 amide bonds. The molecule has 1 saturated carbocycles. The minimum atomic E-state index is 0.452. The highest BCUT2D eigenvalue weighted by Crippen LogP contribution is 2.26. The molecule has 2 heterocycles. The molecule has 6 nitrogen and oxygen atoms in total. The molecule has 1 fully saturated rings. The predicted molar refractivity (Wildman–Crippen MR) is 111 cm³/mol. The van der Waals surface area contributed by atoms with Gasteiger partial charge < -0.3 is 20.3 Å². The van der Waals surface area contributed by atoms with Crippen molar-refractivity contribution in [1.82, 2.24) is 15.3 Å². The van der Waals surface area contributed by atoms with Gasteiger partial charge in [0.1, 0.15) is 5.82 Å². The number of aromatic nitrogens is 2. The van der Waals surface area contributed by atoms with Gasteiger partial charge in [-0.3, -0.25) is 0 Å². The molecule has 1 aromatic heterocycles. The van der Waals surface area contributed by atoms with Crippen LogP contribution in [0.4, 0.5) is 11.8 Å². The molecule has 4 rings (SSSR count). The van der Waals surface area contributed by atoms with Gasteiger partial charge in [-0.1, -0.05) is 37.1 Å². The number of thiocarbonyl (C=S) groups is 1. The molecule has 1 aliphatic carbocycles. The van der Waals surface area contributed by atoms with Crippen LogP contribution in [0, 0.1) is 0 Å². The van der Waals surface area contributed by atoms with Crippen molar-refractivity contribution in [3.05, 3.63) is 41.5 Å². The third-order valence-electron chi connectivity index (χ3n) is 5.27. The molecule has 2 aromatic rings. The molecule has 7 heteroatoms. The molecular formula is C20H25N5OS. The molecule has 0 saturated heterocycles. The summed E-state index contributed by atoms with van der Waals surface area (Å²) >= 11 is 5.45. The molecule has 0 unspecified atom stereocenters. The largest absolute Gasteiger partial charge is 0.481 e. The number of ether oxygens (including phenoxy) is 1. The quantitative estimate of drug-likeness (QED) is 0.786. The number of nitrogens with one attached hydrogen (secondary N) is 2. The van der Waals surface area contributed by atoms with Gasteiger partial charge in [0.05, 0.1) is 7.11 Å². The maximum Gasteiger partial charge on any atom is 0.234 e. The van der Waals surface area contributed by atoms with Gasteiger partial charge in [-0.2, -0.15) is 9.97 Å². The average Bonchev–Trinajstić information content (AvgIpc) is 3.20. The summed E-state index contributed by atoms with van der Waals surface area (Å²) in [6, 6.07) is 10.9. The Balaban J connectivity index is 1.50. The van der Waals surface area contributed by atoms with Crippen LogP contribution in [-0.2, 0) is 13.0 Å². The van der Waals surface area contributed by atoms with Crippen molar-refractivity contribution in [2.45, 2.75) is 44.7 Å². The second-order valence-corrected chi connectivity index (χ2v) is 7.52. The van der Waals surface area contributed by atoms with Gasteiger partial charge in [-0.25, -0.2) is 0 Å². The second kappa shape index (κ2) is 8.08. The highest BCUT2D eigenvalue weighted by molar-refractivity contribution is 7.80. The van der Waals surface area contributed by atoms with Gasteiger partial charge in [0.25, 0.3) is 0 Å². The van der Waals surface area contributed by atoms with Crippen LogP contribution in [0.1, 0.15) is 36.8 Å². The van der Waals surface area contributed by atoms with Crippen molar-refractivity contribution in [3.8, 4) is 5.88 Å². The zero-order valence-electron chi connectivity index (χ0n) is 15.6. The van der Waals surface area contributed by atoms with E-state index in [0.717, 1.165) is 25.3 Å². The van der Waals surface area contributed by atoms with Gasteiger partial charge in [-0.05, 0) is 42.6 Å². The van der Waals surface area contributed by atoms with Gasteiger partial charge in [-0.15, -0.1) is 0 Å². The standard InChI is InChI=1S/C20H25N5OS/c1-26-18-12-17(25-11-10-14-6-2-3-7-15(14)13-25)22-19(23-18)24-20(27)21-16-8-4-5-9-16/h2-3,6-7,12,16H,4-5,8-11,13H2,1H3,(H2,21,22,23,24,27). The van der Waals surface area contributed by atoms with Crippen LogP contribution in [0.15, 0.2) is 30.3 Å². The molecule has 2 N–H and O–H groups in total. The number of nitrogens with zero attached hydrogens (tertiary/aromatic N) is 3. The van der Waals surface area contributed by atoms with Gasteiger partial charge in [0, 0.05) is 25.2 Å². The van der Waals surface area contributed by atoms with E-state index in [1.54, 1.807) is 7.11 Å². The summed E-state index contributed by atoms with van der Waals surface area (Å²) < 4.78 is 5.39. The van der Waals surface area contributed by atoms with Crippen LogP contribution in [-0.4, -0.2) is 34.8 Å². The molecule has 27 heavy (non-hydrogen) atoms. The minimum absolute atomic E-state index is 0.452. The van der Waals surface area contributed by atoms with E-state index in [9.17, 15) is 0 Å². The minimum Gasteiger partial charge on any atom is -0.481 e. The molecule has 1 aliphatic heterocycles. The number of rotatable bonds is 4. The van der Waals surface area contributed by atoms with Crippen molar-refractivity contribution in [2.24, 2.45) is 0 Å². The van der Waals surface area contributed by atoms with Crippen molar-refractivity contribution in [1.29, 1.82) is 0 Å². The maximum absolute atomic E-state index is 5.45. The highest BCUT2D eigenvalue weighted by atomic mass is 32.1. The Bertz CT molecular complexity index is 822. The summed E-state index contributed by atoms with van der Waals surface area (Å²) in [4.78, 5) is 11.4. The number of hydrogen-bond donors (Lipinski definition) is 2. The van der Waals surface area contributed by atoms with Crippen LogP contribution < -0.4 is 20.3 Å². The molecule has 0 bridgehead atoms. The summed E-state index contributed by atoms with van der Waals surface area (Å²) in [5.74, 6) is 1.85. The third-order valence-corrected chi connectivity index (χ3v) is 5.49. The van der Waals surface area contributed by atoms with E-state index < -0.39 is 0 Å². The molecule has 0 spiro atoms. The number of benzene rings is 1. The van der Waals surface area contributed by atoms with E-state index in [0.29, 0.717) is 23.0 Å². The smallest absolute Gasteiger partial charge is 0.234 e. The monoisotopic (exact) mass is 383 g/mol. The Labute approximate surface area is 165 Å². The number of anilines is 2. The summed E-state index contributed by atoms with van der Waals surface area (Å²) in [5.41, 5.74) is 2.75. The molecule has 2 aliphatic rings. The first-order valence-corrected chi connectivity index (χ1v) is 9.94. The molecule has 0 radical (unpaired) electrons. The Hall–Kier alpha value is -2.41. The Kier molecular flexibility index (Phi) is 5.38. The third kappa shape index (κ3) is 4.30. The van der Waals surface area contributed by atoms with E-state index in [2.05, 4.69) is 49.8 Å². The summed E-state index contributed by atoms with van der Waals surface area (Å²) in [6.07, 6.45) is 5.86. The molecule has 1 aromatic carbocycles. The van der Waals surface area contributed by atoms with Crippen LogP contribution in [0.3, 0.4) is 0 Å². The van der Waals surface area contributed by atoms with Crippen LogP contribution in [0.25, 0.3) is 0 Å². The van der Waals surface area contributed by atoms with E-state index in [4.69, 9.17) is 17.0 Å². The maximum atomic E-state index is 5.45. The number of fused-ring (bicyclic) bond motifs is 1. The van der Waals surface area contributed by atoms with Crippen molar-refractivity contribution >= 4 is 29.1 Å². The zero-order valence-corrected chi connectivity index (χ0v) is 16.4. The Morgan fingerprint density at radius 2 is 1.96 bits per heavy atom. The van der Waals surface area contributed by atoms with Gasteiger partial charge >= 0.3 is 0 Å². The summed E-state index contributed by atoms with van der Waals surface area (Å²) in [7, 11) is 1.62. The first kappa shape index (κ1) is 18.0. The average molecular weight is 384 g/mol. The van der Waals surface area contributed by atoms with E-state index in [1.165, 1.54) is 36.8 Å². The lowest BCUT2D eigenvalue weighted by Crippen LogP contribution is -2.36. The van der Waals surface area contributed by atoms with Crippen molar-refractivity contribution < 1.29 is 4.74 Å². The fourth-order valence-electron chi connectivity index (χ4n) is 3.82. The normalized spacial score (nSPS) is 16.7. The van der Waals surface area contributed by atoms with E-state index in [1.807, 2.05) is 6.07 Å². The lowest BCUT2D eigenvalue weighted by atomic mass is 10.00. The number of methoxy groups -OCH3 is 1. The van der Waals surface area contributed by atoms with Crippen molar-refractivity contribution in [3.63, 3.8) is 0 Å². The molecule has 142 valence electrons. The van der Waals surface area contributed by atoms with Crippen LogP contribution in [0.5, 0.6) is 5.88 Å². The number of hydrogen-bond acceptors (Lipinski definition) is 5.